The molecular weight excluding hydrogens is 266 g/mol. The minimum absolute atomic E-state index is 0.0538. The van der Waals surface area contributed by atoms with Crippen molar-refractivity contribution >= 4 is 11.7 Å². The molecule has 5 nitrogen and oxygen atoms in total. The lowest BCUT2D eigenvalue weighted by Crippen LogP contribution is -2.47. The van der Waals surface area contributed by atoms with Gasteiger partial charge < -0.3 is 4.52 Å². The molecule has 0 saturated carbocycles. The van der Waals surface area contributed by atoms with Crippen molar-refractivity contribution < 1.29 is 9.32 Å². The van der Waals surface area contributed by atoms with Gasteiger partial charge in [-0.15, -0.1) is 0 Å². The van der Waals surface area contributed by atoms with Crippen LogP contribution in [0.15, 0.2) is 10.6 Å². The van der Waals surface area contributed by atoms with Gasteiger partial charge in [-0.05, 0) is 34.7 Å². The molecule has 0 radical (unpaired) electrons. The van der Waals surface area contributed by atoms with E-state index in [2.05, 4.69) is 37.9 Å². The molecule has 1 amide bonds. The van der Waals surface area contributed by atoms with Gasteiger partial charge in [0, 0.05) is 30.1 Å². The summed E-state index contributed by atoms with van der Waals surface area (Å²) in [7, 11) is 2.06. The molecule has 0 bridgehead atoms. The van der Waals surface area contributed by atoms with Crippen molar-refractivity contribution in [2.75, 3.05) is 25.0 Å². The first-order valence-electron chi connectivity index (χ1n) is 7.39. The third kappa shape index (κ3) is 4.84. The smallest absolute Gasteiger partial charge is 0.233 e. The fourth-order valence-electron chi connectivity index (χ4n) is 1.79. The van der Waals surface area contributed by atoms with Gasteiger partial charge in [0.25, 0.3) is 0 Å². The lowest BCUT2D eigenvalue weighted by Gasteiger charge is -2.34. The number of nitrogens with zero attached hydrogens (tertiary/aromatic N) is 3. The van der Waals surface area contributed by atoms with E-state index in [1.54, 1.807) is 11.0 Å². The van der Waals surface area contributed by atoms with Crippen molar-refractivity contribution in [2.45, 2.75) is 54.0 Å². The summed E-state index contributed by atoms with van der Waals surface area (Å²) in [6.07, 6.45) is 0. The molecule has 1 aromatic rings. The van der Waals surface area contributed by atoms with Gasteiger partial charge in [-0.2, -0.15) is 0 Å². The molecule has 0 spiro atoms. The number of carbonyl (C=O) groups is 1. The van der Waals surface area contributed by atoms with Crippen LogP contribution >= 0.6 is 0 Å². The summed E-state index contributed by atoms with van der Waals surface area (Å²) in [5, 5.41) is 4.00. The van der Waals surface area contributed by atoms with Gasteiger partial charge in [0.05, 0.1) is 0 Å². The second-order valence-corrected chi connectivity index (χ2v) is 7.59. The first-order valence-corrected chi connectivity index (χ1v) is 7.39. The van der Waals surface area contributed by atoms with Crippen LogP contribution in [0.2, 0.25) is 0 Å². The molecule has 5 heteroatoms. The zero-order valence-corrected chi connectivity index (χ0v) is 14.6. The number of rotatable bonds is 4. The molecule has 120 valence electrons. The molecule has 0 aliphatic heterocycles. The third-order valence-corrected chi connectivity index (χ3v) is 3.58. The Hall–Kier alpha value is -1.36. The molecule has 0 atom stereocenters. The van der Waals surface area contributed by atoms with Crippen molar-refractivity contribution in [3.05, 3.63) is 11.8 Å². The fraction of sp³-hybridized carbons (Fsp3) is 0.750. The highest BCUT2D eigenvalue weighted by Gasteiger charge is 2.30. The zero-order valence-electron chi connectivity index (χ0n) is 14.6. The fourth-order valence-corrected chi connectivity index (χ4v) is 1.79. The summed E-state index contributed by atoms with van der Waals surface area (Å²) in [4.78, 5) is 16.6. The summed E-state index contributed by atoms with van der Waals surface area (Å²) in [5.74, 6) is 1.36. The Bertz CT molecular complexity index is 480. The predicted molar refractivity (Wildman–Crippen MR) is 85.4 cm³/mol. The second-order valence-electron chi connectivity index (χ2n) is 7.59. The van der Waals surface area contributed by atoms with Crippen molar-refractivity contribution in [2.24, 2.45) is 5.41 Å². The molecule has 0 aliphatic rings. The number of anilines is 1. The van der Waals surface area contributed by atoms with Gasteiger partial charge in [0.1, 0.15) is 5.76 Å². The summed E-state index contributed by atoms with van der Waals surface area (Å²) in [6.45, 7) is 15.4. The number of likely N-dealkylation sites (N-methyl/N-ethyl adjacent to an activating group) is 1. The molecule has 0 fully saturated rings. The molecule has 0 aliphatic carbocycles. The molecule has 0 unspecified atom stereocenters. The first-order chi connectivity index (χ1) is 9.43. The van der Waals surface area contributed by atoms with Gasteiger partial charge in [-0.3, -0.25) is 14.6 Å². The largest absolute Gasteiger partial charge is 0.360 e. The number of carbonyl (C=O) groups excluding carboxylic acids is 1. The Morgan fingerprint density at radius 3 is 2.14 bits per heavy atom. The molecule has 1 rings (SSSR count). The Kier molecular flexibility index (Phi) is 5.20. The summed E-state index contributed by atoms with van der Waals surface area (Å²) < 4.78 is 5.12. The minimum Gasteiger partial charge on any atom is -0.360 e. The Labute approximate surface area is 128 Å². The Morgan fingerprint density at radius 2 is 1.76 bits per heavy atom. The van der Waals surface area contributed by atoms with E-state index < -0.39 is 5.41 Å². The zero-order chi connectivity index (χ0) is 16.4. The van der Waals surface area contributed by atoms with Gasteiger partial charge in [-0.1, -0.05) is 25.9 Å². The first kappa shape index (κ1) is 17.7. The molecular formula is C16H29N3O2. The van der Waals surface area contributed by atoms with Crippen LogP contribution in [-0.4, -0.2) is 41.6 Å². The van der Waals surface area contributed by atoms with E-state index in [1.165, 1.54) is 0 Å². The van der Waals surface area contributed by atoms with Crippen LogP contribution in [0, 0.1) is 12.3 Å². The standard InChI is InChI=1S/C16H29N3O2/c1-12-11-13(17-21-12)19(14(20)15(2,3)4)10-9-18(8)16(5,6)7/h11H,9-10H2,1-8H3. The van der Waals surface area contributed by atoms with Crippen molar-refractivity contribution in [3.8, 4) is 0 Å². The maximum Gasteiger partial charge on any atom is 0.233 e. The van der Waals surface area contributed by atoms with Crippen LogP contribution < -0.4 is 4.90 Å². The predicted octanol–water partition coefficient (Wildman–Crippen LogP) is 3.09. The quantitative estimate of drug-likeness (QED) is 0.856. The number of aromatic nitrogens is 1. The van der Waals surface area contributed by atoms with Crippen molar-refractivity contribution in [3.63, 3.8) is 0 Å². The molecule has 1 heterocycles. The molecule has 0 N–H and O–H groups in total. The van der Waals surface area contributed by atoms with Crippen LogP contribution in [0.3, 0.4) is 0 Å². The maximum absolute atomic E-state index is 12.7. The molecule has 21 heavy (non-hydrogen) atoms. The Morgan fingerprint density at radius 1 is 1.19 bits per heavy atom. The van der Waals surface area contributed by atoms with E-state index in [9.17, 15) is 4.79 Å². The highest BCUT2D eigenvalue weighted by atomic mass is 16.5. The van der Waals surface area contributed by atoms with Crippen molar-refractivity contribution in [1.82, 2.24) is 10.1 Å². The summed E-state index contributed by atoms with van der Waals surface area (Å²) in [5.41, 5.74) is -0.386. The van der Waals surface area contributed by atoms with Crippen LogP contribution in [0.5, 0.6) is 0 Å². The third-order valence-electron chi connectivity index (χ3n) is 3.58. The molecule has 1 aromatic heterocycles. The maximum atomic E-state index is 12.7. The highest BCUT2D eigenvalue weighted by Crippen LogP contribution is 2.23. The van der Waals surface area contributed by atoms with E-state index in [0.717, 1.165) is 6.54 Å². The van der Waals surface area contributed by atoms with Crippen LogP contribution in [-0.2, 0) is 4.79 Å². The van der Waals surface area contributed by atoms with E-state index in [4.69, 9.17) is 4.52 Å². The minimum atomic E-state index is -0.451. The topological polar surface area (TPSA) is 49.6 Å². The van der Waals surface area contributed by atoms with Gasteiger partial charge >= 0.3 is 0 Å². The van der Waals surface area contributed by atoms with Gasteiger partial charge in [0.2, 0.25) is 5.91 Å². The van der Waals surface area contributed by atoms with E-state index >= 15 is 0 Å². The average Bonchev–Trinajstić information content (AvgIpc) is 2.73. The SMILES string of the molecule is Cc1cc(N(CCN(C)C(C)(C)C)C(=O)C(C)(C)C)no1. The van der Waals surface area contributed by atoms with Gasteiger partial charge in [0.15, 0.2) is 5.82 Å². The van der Waals surface area contributed by atoms with E-state index in [-0.39, 0.29) is 11.4 Å². The molecule has 0 saturated heterocycles. The highest BCUT2D eigenvalue weighted by molar-refractivity contribution is 5.96. The van der Waals surface area contributed by atoms with Gasteiger partial charge in [-0.25, -0.2) is 0 Å². The normalized spacial score (nSPS) is 12.8. The van der Waals surface area contributed by atoms with Crippen LogP contribution in [0.25, 0.3) is 0 Å². The van der Waals surface area contributed by atoms with Crippen LogP contribution in [0.1, 0.15) is 47.3 Å². The lowest BCUT2D eigenvalue weighted by molar-refractivity contribution is -0.125. The molecule has 0 aromatic carbocycles. The lowest BCUT2D eigenvalue weighted by atomic mass is 9.94. The summed E-state index contributed by atoms with van der Waals surface area (Å²) >= 11 is 0. The van der Waals surface area contributed by atoms with E-state index in [0.29, 0.717) is 18.1 Å². The number of aryl methyl sites for hydroxylation is 1. The number of amides is 1. The monoisotopic (exact) mass is 295 g/mol. The van der Waals surface area contributed by atoms with Crippen LogP contribution in [0.4, 0.5) is 5.82 Å². The van der Waals surface area contributed by atoms with E-state index in [1.807, 2.05) is 27.7 Å². The summed E-state index contributed by atoms with van der Waals surface area (Å²) in [6, 6.07) is 1.81. The second kappa shape index (κ2) is 6.18. The van der Waals surface area contributed by atoms with Crippen molar-refractivity contribution in [1.29, 1.82) is 0 Å². The number of hydrogen-bond acceptors (Lipinski definition) is 4. The number of hydrogen-bond donors (Lipinski definition) is 0. The Balaban J connectivity index is 2.91. The average molecular weight is 295 g/mol.